The van der Waals surface area contributed by atoms with Gasteiger partial charge in [0.05, 0.1) is 17.7 Å². The number of hydrogen-bond donors (Lipinski definition) is 3. The van der Waals surface area contributed by atoms with Gasteiger partial charge in [0.2, 0.25) is 5.91 Å². The monoisotopic (exact) mass is 371 g/mol. The minimum Gasteiger partial charge on any atom is -0.329 e. The molecule has 1 amide bonds. The first kappa shape index (κ1) is 18.7. The lowest BCUT2D eigenvalue weighted by Crippen LogP contribution is -2.44. The van der Waals surface area contributed by atoms with E-state index in [0.717, 1.165) is 12.1 Å². The Hall–Kier alpha value is -2.68. The first-order valence-electron chi connectivity index (χ1n) is 7.02. The van der Waals surface area contributed by atoms with Crippen LogP contribution in [0.5, 0.6) is 0 Å². The Labute approximate surface area is 146 Å². The van der Waals surface area contributed by atoms with Gasteiger partial charge in [-0.3, -0.25) is 15.6 Å². The second kappa shape index (κ2) is 7.93. The Morgan fingerprint density at radius 2 is 1.76 bits per heavy atom. The molecule has 132 valence electrons. The number of benzene rings is 2. The minimum absolute atomic E-state index is 0.0671. The third-order valence-corrected chi connectivity index (χ3v) is 3.26. The molecule has 0 spiro atoms. The normalized spacial score (nSPS) is 10.9. The fraction of sp³-hybridized carbons (Fsp3) is 0.125. The van der Waals surface area contributed by atoms with Crippen molar-refractivity contribution in [3.63, 3.8) is 0 Å². The van der Waals surface area contributed by atoms with E-state index < -0.39 is 23.5 Å². The van der Waals surface area contributed by atoms with Crippen LogP contribution in [0.1, 0.15) is 11.1 Å². The Kier molecular flexibility index (Phi) is 5.92. The number of anilines is 1. The Balaban J connectivity index is 1.87. The van der Waals surface area contributed by atoms with E-state index in [-0.39, 0.29) is 22.8 Å². The smallest absolute Gasteiger partial charge is 0.329 e. The quantitative estimate of drug-likeness (QED) is 0.440. The molecular formula is C16H13F4N3OS. The van der Waals surface area contributed by atoms with E-state index in [1.807, 2.05) is 0 Å². The van der Waals surface area contributed by atoms with Crippen LogP contribution in [0.4, 0.5) is 23.2 Å². The predicted octanol–water partition coefficient (Wildman–Crippen LogP) is 3.40. The Morgan fingerprint density at radius 1 is 1.04 bits per heavy atom. The summed E-state index contributed by atoms with van der Waals surface area (Å²) in [7, 11) is 0. The molecule has 2 rings (SSSR count). The number of nitrogens with one attached hydrogen (secondary N) is 3. The third-order valence-electron chi connectivity index (χ3n) is 3.06. The summed E-state index contributed by atoms with van der Waals surface area (Å²) in [6.45, 7) is 0. The second-order valence-electron chi connectivity index (χ2n) is 4.98. The van der Waals surface area contributed by atoms with Gasteiger partial charge in [-0.1, -0.05) is 30.3 Å². The van der Waals surface area contributed by atoms with Gasteiger partial charge in [-0.05, 0) is 36.0 Å². The average molecular weight is 371 g/mol. The van der Waals surface area contributed by atoms with E-state index >= 15 is 0 Å². The highest BCUT2D eigenvalue weighted by Crippen LogP contribution is 2.29. The van der Waals surface area contributed by atoms with Crippen LogP contribution < -0.4 is 16.2 Å². The molecule has 0 aliphatic heterocycles. The van der Waals surface area contributed by atoms with Gasteiger partial charge in [-0.15, -0.1) is 0 Å². The van der Waals surface area contributed by atoms with Gasteiger partial charge in [-0.25, -0.2) is 4.39 Å². The zero-order valence-corrected chi connectivity index (χ0v) is 13.5. The molecule has 0 unspecified atom stereocenters. The van der Waals surface area contributed by atoms with Gasteiger partial charge in [0.15, 0.2) is 5.11 Å². The molecule has 2 aromatic rings. The molecule has 0 aromatic heterocycles. The van der Waals surface area contributed by atoms with E-state index in [9.17, 15) is 22.4 Å². The maximum absolute atomic E-state index is 13.4. The highest BCUT2D eigenvalue weighted by Gasteiger charge is 2.30. The predicted molar refractivity (Wildman–Crippen MR) is 89.0 cm³/mol. The van der Waals surface area contributed by atoms with Crippen molar-refractivity contribution >= 4 is 28.9 Å². The largest absolute Gasteiger partial charge is 0.416 e. The highest BCUT2D eigenvalue weighted by atomic mass is 32.1. The lowest BCUT2D eigenvalue weighted by molar-refractivity contribution is -0.137. The van der Waals surface area contributed by atoms with Gasteiger partial charge in [-0.2, -0.15) is 13.2 Å². The fourth-order valence-corrected chi connectivity index (χ4v) is 2.09. The Morgan fingerprint density at radius 3 is 2.44 bits per heavy atom. The van der Waals surface area contributed by atoms with Crippen molar-refractivity contribution < 1.29 is 22.4 Å². The summed E-state index contributed by atoms with van der Waals surface area (Å²) < 4.78 is 51.3. The number of carbonyl (C=O) groups is 1. The molecular weight excluding hydrogens is 358 g/mol. The molecule has 3 N–H and O–H groups in total. The summed E-state index contributed by atoms with van der Waals surface area (Å²) in [5.74, 6) is -1.13. The average Bonchev–Trinajstić information content (AvgIpc) is 2.55. The lowest BCUT2D eigenvalue weighted by atomic mass is 10.1. The maximum atomic E-state index is 13.4. The van der Waals surface area contributed by atoms with E-state index in [1.54, 1.807) is 6.07 Å². The lowest BCUT2D eigenvalue weighted by Gasteiger charge is -2.12. The molecule has 0 fully saturated rings. The molecule has 0 heterocycles. The number of thiocarbonyl (C=S) groups is 1. The molecule has 2 aromatic carbocycles. The van der Waals surface area contributed by atoms with Gasteiger partial charge in [0.25, 0.3) is 0 Å². The van der Waals surface area contributed by atoms with Gasteiger partial charge in [0, 0.05) is 0 Å². The maximum Gasteiger partial charge on any atom is 0.416 e. The van der Waals surface area contributed by atoms with E-state index in [2.05, 4.69) is 16.2 Å². The van der Waals surface area contributed by atoms with Crippen molar-refractivity contribution in [3.05, 3.63) is 65.5 Å². The van der Waals surface area contributed by atoms with Crippen LogP contribution in [-0.4, -0.2) is 11.0 Å². The van der Waals surface area contributed by atoms with E-state index in [0.29, 0.717) is 0 Å². The van der Waals surface area contributed by atoms with Crippen molar-refractivity contribution in [1.29, 1.82) is 0 Å². The van der Waals surface area contributed by atoms with Crippen LogP contribution in [0.15, 0.2) is 48.5 Å². The zero-order valence-electron chi connectivity index (χ0n) is 12.7. The number of rotatable bonds is 3. The topological polar surface area (TPSA) is 53.2 Å². The summed E-state index contributed by atoms with van der Waals surface area (Å²) in [5.41, 5.74) is 4.07. The summed E-state index contributed by atoms with van der Waals surface area (Å²) in [6, 6.07) is 10.2. The molecule has 0 radical (unpaired) electrons. The van der Waals surface area contributed by atoms with Crippen LogP contribution in [0.25, 0.3) is 0 Å². The number of amides is 1. The standard InChI is InChI=1S/C16H13F4N3OS/c17-12-6-1-2-7-13(12)21-15(25)23-22-14(24)9-10-4-3-5-11(8-10)16(18,19)20/h1-8H,9H2,(H,22,24)(H2,21,23,25). The molecule has 9 heteroatoms. The second-order valence-corrected chi connectivity index (χ2v) is 5.39. The molecule has 0 aliphatic rings. The van der Waals surface area contributed by atoms with Gasteiger partial charge < -0.3 is 5.32 Å². The van der Waals surface area contributed by atoms with Crippen molar-refractivity contribution in [2.45, 2.75) is 12.6 Å². The molecule has 25 heavy (non-hydrogen) atoms. The SMILES string of the molecule is O=C(Cc1cccc(C(F)(F)F)c1)NNC(=S)Nc1ccccc1F. The minimum atomic E-state index is -4.48. The highest BCUT2D eigenvalue weighted by molar-refractivity contribution is 7.80. The number of hydrogen-bond acceptors (Lipinski definition) is 2. The number of halogens is 4. The van der Waals surface area contributed by atoms with Gasteiger partial charge >= 0.3 is 6.18 Å². The van der Waals surface area contributed by atoms with Crippen LogP contribution >= 0.6 is 12.2 Å². The molecule has 0 bridgehead atoms. The van der Waals surface area contributed by atoms with Crippen molar-refractivity contribution in [2.24, 2.45) is 0 Å². The Bertz CT molecular complexity index is 780. The van der Waals surface area contributed by atoms with Crippen molar-refractivity contribution in [1.82, 2.24) is 10.9 Å². The number of carbonyl (C=O) groups excluding carboxylic acids is 1. The van der Waals surface area contributed by atoms with Crippen molar-refractivity contribution in [2.75, 3.05) is 5.32 Å². The van der Waals surface area contributed by atoms with Crippen LogP contribution in [-0.2, 0) is 17.4 Å². The van der Waals surface area contributed by atoms with E-state index in [4.69, 9.17) is 12.2 Å². The molecule has 0 saturated heterocycles. The van der Waals surface area contributed by atoms with Gasteiger partial charge in [0.1, 0.15) is 5.82 Å². The zero-order chi connectivity index (χ0) is 18.4. The number of hydrazine groups is 1. The molecule has 0 aliphatic carbocycles. The van der Waals surface area contributed by atoms with Crippen LogP contribution in [0.2, 0.25) is 0 Å². The summed E-state index contributed by atoms with van der Waals surface area (Å²) >= 11 is 4.90. The first-order chi connectivity index (χ1) is 11.8. The molecule has 4 nitrogen and oxygen atoms in total. The van der Waals surface area contributed by atoms with E-state index in [1.165, 1.54) is 30.3 Å². The third kappa shape index (κ3) is 5.71. The summed E-state index contributed by atoms with van der Waals surface area (Å²) in [5, 5.41) is 2.47. The van der Waals surface area contributed by atoms with Crippen LogP contribution in [0.3, 0.4) is 0 Å². The fourth-order valence-electron chi connectivity index (χ4n) is 1.93. The number of alkyl halides is 3. The molecule has 0 atom stereocenters. The summed E-state index contributed by atoms with van der Waals surface area (Å²) in [4.78, 5) is 11.8. The number of para-hydroxylation sites is 1. The first-order valence-corrected chi connectivity index (χ1v) is 7.43. The van der Waals surface area contributed by atoms with Crippen LogP contribution in [0, 0.1) is 5.82 Å². The van der Waals surface area contributed by atoms with Crippen molar-refractivity contribution in [3.8, 4) is 0 Å². The summed E-state index contributed by atoms with van der Waals surface area (Å²) in [6.07, 6.45) is -4.75. The molecule has 0 saturated carbocycles.